The average molecular weight is 297 g/mol. The lowest BCUT2D eigenvalue weighted by molar-refractivity contribution is 0.0107. The normalized spacial score (nSPS) is 12.2. The largest absolute Gasteiger partial charge is 0.493 e. The third-order valence-corrected chi connectivity index (χ3v) is 3.02. The number of rotatable bonds is 11. The van der Waals surface area contributed by atoms with Gasteiger partial charge in [-0.1, -0.05) is 25.5 Å². The lowest BCUT2D eigenvalue weighted by atomic mass is 10.2. The van der Waals surface area contributed by atoms with E-state index in [0.29, 0.717) is 24.7 Å². The number of aliphatic hydroxyl groups is 1. The third kappa shape index (κ3) is 6.33. The number of unbranched alkanes of at least 4 members (excludes halogenated alkanes) is 1. The van der Waals surface area contributed by atoms with Crippen molar-refractivity contribution in [2.75, 3.05) is 34.0 Å². The molecule has 0 radical (unpaired) electrons. The molecule has 0 aliphatic carbocycles. The van der Waals surface area contributed by atoms with Gasteiger partial charge in [-0.2, -0.15) is 0 Å². The monoisotopic (exact) mass is 297 g/mol. The number of benzene rings is 1. The summed E-state index contributed by atoms with van der Waals surface area (Å²) in [5, 5.41) is 13.0. The SMILES string of the molecule is CCCCOCC(O)COc1c(CNC)cccc1OC. The van der Waals surface area contributed by atoms with Crippen molar-refractivity contribution in [3.8, 4) is 11.5 Å². The molecule has 120 valence electrons. The van der Waals surface area contributed by atoms with Gasteiger partial charge >= 0.3 is 0 Å². The second kappa shape index (κ2) is 10.4. The summed E-state index contributed by atoms with van der Waals surface area (Å²) in [5.41, 5.74) is 0.996. The molecule has 0 bridgehead atoms. The number of aliphatic hydroxyl groups excluding tert-OH is 1. The summed E-state index contributed by atoms with van der Waals surface area (Å²) in [4.78, 5) is 0. The van der Waals surface area contributed by atoms with E-state index in [-0.39, 0.29) is 13.2 Å². The Kier molecular flexibility index (Phi) is 8.82. The summed E-state index contributed by atoms with van der Waals surface area (Å²) < 4.78 is 16.4. The van der Waals surface area contributed by atoms with E-state index in [1.807, 2.05) is 25.2 Å². The van der Waals surface area contributed by atoms with E-state index < -0.39 is 6.10 Å². The van der Waals surface area contributed by atoms with Gasteiger partial charge in [0, 0.05) is 18.7 Å². The molecule has 0 aromatic heterocycles. The molecular weight excluding hydrogens is 270 g/mol. The molecule has 2 N–H and O–H groups in total. The van der Waals surface area contributed by atoms with Gasteiger partial charge in [-0.15, -0.1) is 0 Å². The van der Waals surface area contributed by atoms with Crippen LogP contribution in [0.5, 0.6) is 11.5 Å². The summed E-state index contributed by atoms with van der Waals surface area (Å²) in [7, 11) is 3.48. The van der Waals surface area contributed by atoms with E-state index in [0.717, 1.165) is 18.4 Å². The number of hydrogen-bond donors (Lipinski definition) is 2. The Bertz CT molecular complexity index is 398. The number of nitrogens with one attached hydrogen (secondary N) is 1. The minimum atomic E-state index is -0.644. The number of methoxy groups -OCH3 is 1. The molecule has 1 aromatic carbocycles. The molecule has 0 spiro atoms. The van der Waals surface area contributed by atoms with Crippen molar-refractivity contribution in [3.05, 3.63) is 23.8 Å². The van der Waals surface area contributed by atoms with Gasteiger partial charge in [-0.3, -0.25) is 0 Å². The van der Waals surface area contributed by atoms with Crippen LogP contribution in [0.25, 0.3) is 0 Å². The quantitative estimate of drug-likeness (QED) is 0.612. The maximum atomic E-state index is 9.89. The number of hydrogen-bond acceptors (Lipinski definition) is 5. The molecule has 0 fully saturated rings. The van der Waals surface area contributed by atoms with Gasteiger partial charge in [0.25, 0.3) is 0 Å². The molecule has 21 heavy (non-hydrogen) atoms. The summed E-state index contributed by atoms with van der Waals surface area (Å²) in [6.07, 6.45) is 1.45. The second-order valence-electron chi connectivity index (χ2n) is 4.87. The minimum Gasteiger partial charge on any atom is -0.493 e. The molecule has 0 aliphatic rings. The summed E-state index contributed by atoms with van der Waals surface area (Å²) in [5.74, 6) is 1.34. The average Bonchev–Trinajstić information content (AvgIpc) is 2.50. The maximum Gasteiger partial charge on any atom is 0.165 e. The van der Waals surface area contributed by atoms with Crippen LogP contribution in [0.2, 0.25) is 0 Å². The van der Waals surface area contributed by atoms with E-state index in [2.05, 4.69) is 12.2 Å². The Morgan fingerprint density at radius 2 is 2.10 bits per heavy atom. The Morgan fingerprint density at radius 3 is 2.76 bits per heavy atom. The molecule has 1 unspecified atom stereocenters. The Morgan fingerprint density at radius 1 is 1.29 bits per heavy atom. The number of para-hydroxylation sites is 1. The minimum absolute atomic E-state index is 0.184. The highest BCUT2D eigenvalue weighted by Gasteiger charge is 2.12. The topological polar surface area (TPSA) is 60.0 Å². The molecule has 0 saturated heterocycles. The first kappa shape index (κ1) is 17.8. The van der Waals surface area contributed by atoms with Crippen molar-refractivity contribution in [2.45, 2.75) is 32.4 Å². The Balaban J connectivity index is 2.52. The van der Waals surface area contributed by atoms with Gasteiger partial charge in [0.05, 0.1) is 13.7 Å². The number of ether oxygens (including phenoxy) is 3. The smallest absolute Gasteiger partial charge is 0.165 e. The first-order chi connectivity index (χ1) is 10.2. The van der Waals surface area contributed by atoms with Crippen LogP contribution in [-0.2, 0) is 11.3 Å². The summed E-state index contributed by atoms with van der Waals surface area (Å²) in [6, 6.07) is 5.74. The molecule has 0 aliphatic heterocycles. The van der Waals surface area contributed by atoms with E-state index in [4.69, 9.17) is 14.2 Å². The van der Waals surface area contributed by atoms with Crippen LogP contribution < -0.4 is 14.8 Å². The molecule has 5 nitrogen and oxygen atoms in total. The Labute approximate surface area is 127 Å². The van der Waals surface area contributed by atoms with Crippen molar-refractivity contribution in [2.24, 2.45) is 0 Å². The fourth-order valence-corrected chi connectivity index (χ4v) is 1.91. The van der Waals surface area contributed by atoms with Crippen LogP contribution in [0, 0.1) is 0 Å². The molecule has 1 aromatic rings. The van der Waals surface area contributed by atoms with Crippen LogP contribution >= 0.6 is 0 Å². The zero-order chi connectivity index (χ0) is 15.5. The van der Waals surface area contributed by atoms with Crippen LogP contribution in [0.4, 0.5) is 0 Å². The van der Waals surface area contributed by atoms with Crippen LogP contribution in [0.1, 0.15) is 25.3 Å². The van der Waals surface area contributed by atoms with E-state index in [1.54, 1.807) is 7.11 Å². The first-order valence-corrected chi connectivity index (χ1v) is 7.42. The van der Waals surface area contributed by atoms with Gasteiger partial charge in [0.1, 0.15) is 12.7 Å². The third-order valence-electron chi connectivity index (χ3n) is 3.02. The predicted octanol–water partition coefficient (Wildman–Crippen LogP) is 1.97. The van der Waals surface area contributed by atoms with Crippen LogP contribution in [0.3, 0.4) is 0 Å². The molecule has 1 rings (SSSR count). The standard InChI is InChI=1S/C16H27NO4/c1-4-5-9-20-11-14(18)12-21-16-13(10-17-2)7-6-8-15(16)19-3/h6-8,14,17-18H,4-5,9-12H2,1-3H3. The second-order valence-corrected chi connectivity index (χ2v) is 4.87. The summed E-state index contributed by atoms with van der Waals surface area (Å²) >= 11 is 0. The van der Waals surface area contributed by atoms with E-state index >= 15 is 0 Å². The molecule has 1 atom stereocenters. The highest BCUT2D eigenvalue weighted by molar-refractivity contribution is 5.46. The van der Waals surface area contributed by atoms with Crippen molar-refractivity contribution in [1.82, 2.24) is 5.32 Å². The van der Waals surface area contributed by atoms with Gasteiger partial charge < -0.3 is 24.6 Å². The Hall–Kier alpha value is -1.30. The summed E-state index contributed by atoms with van der Waals surface area (Å²) in [6.45, 7) is 3.93. The zero-order valence-corrected chi connectivity index (χ0v) is 13.2. The van der Waals surface area contributed by atoms with Crippen molar-refractivity contribution in [1.29, 1.82) is 0 Å². The predicted molar refractivity (Wildman–Crippen MR) is 83.0 cm³/mol. The lowest BCUT2D eigenvalue weighted by Crippen LogP contribution is -2.24. The van der Waals surface area contributed by atoms with Gasteiger partial charge in [0.15, 0.2) is 11.5 Å². The molecule has 0 amide bonds. The highest BCUT2D eigenvalue weighted by Crippen LogP contribution is 2.31. The molecular formula is C16H27NO4. The van der Waals surface area contributed by atoms with Gasteiger partial charge in [-0.25, -0.2) is 0 Å². The van der Waals surface area contributed by atoms with E-state index in [1.165, 1.54) is 0 Å². The fourth-order valence-electron chi connectivity index (χ4n) is 1.91. The zero-order valence-electron chi connectivity index (χ0n) is 13.2. The van der Waals surface area contributed by atoms with Gasteiger partial charge in [-0.05, 0) is 19.5 Å². The first-order valence-electron chi connectivity index (χ1n) is 7.42. The molecule has 0 heterocycles. The van der Waals surface area contributed by atoms with Crippen LogP contribution in [0.15, 0.2) is 18.2 Å². The van der Waals surface area contributed by atoms with Crippen molar-refractivity contribution in [3.63, 3.8) is 0 Å². The fraction of sp³-hybridized carbons (Fsp3) is 0.625. The van der Waals surface area contributed by atoms with E-state index in [9.17, 15) is 5.11 Å². The van der Waals surface area contributed by atoms with Gasteiger partial charge in [0.2, 0.25) is 0 Å². The van der Waals surface area contributed by atoms with Crippen molar-refractivity contribution >= 4 is 0 Å². The van der Waals surface area contributed by atoms with Crippen LogP contribution in [-0.4, -0.2) is 45.2 Å². The van der Waals surface area contributed by atoms with Crippen molar-refractivity contribution < 1.29 is 19.3 Å². The lowest BCUT2D eigenvalue weighted by Gasteiger charge is -2.17. The highest BCUT2D eigenvalue weighted by atomic mass is 16.5. The maximum absolute atomic E-state index is 9.89. The molecule has 5 heteroatoms. The molecule has 0 saturated carbocycles.